The predicted molar refractivity (Wildman–Crippen MR) is 85.0 cm³/mol. The zero-order chi connectivity index (χ0) is 16.4. The summed E-state index contributed by atoms with van der Waals surface area (Å²) in [6, 6.07) is 14.8. The minimum Gasteiger partial charge on any atom is -0.489 e. The van der Waals surface area contributed by atoms with Crippen LogP contribution in [0.5, 0.6) is 5.75 Å². The van der Waals surface area contributed by atoms with Gasteiger partial charge in [0.1, 0.15) is 18.9 Å². The number of aromatic nitrogens is 2. The Morgan fingerprint density at radius 2 is 1.96 bits per heavy atom. The van der Waals surface area contributed by atoms with Crippen LogP contribution in [0.25, 0.3) is 11.0 Å². The van der Waals surface area contributed by atoms with Gasteiger partial charge < -0.3 is 4.74 Å². The molecule has 7 heteroatoms. The lowest BCUT2D eigenvalue weighted by atomic mass is 10.2. The number of para-hydroxylation sites is 2. The maximum Gasteiger partial charge on any atom is 0.401 e. The van der Waals surface area contributed by atoms with Crippen LogP contribution in [0.1, 0.15) is 5.56 Å². The average Bonchev–Trinajstić information content (AvgIpc) is 2.87. The minimum absolute atomic E-state index is 0.244. The molecule has 2 aromatic carbocycles. The van der Waals surface area contributed by atoms with Gasteiger partial charge in [-0.3, -0.25) is 4.55 Å². The molecule has 2 N–H and O–H groups in total. The van der Waals surface area contributed by atoms with E-state index in [1.165, 1.54) is 4.57 Å². The van der Waals surface area contributed by atoms with Gasteiger partial charge in [0.15, 0.2) is 11.0 Å². The van der Waals surface area contributed by atoms with E-state index in [1.807, 2.05) is 37.3 Å². The van der Waals surface area contributed by atoms with Crippen molar-refractivity contribution in [2.45, 2.75) is 18.6 Å². The van der Waals surface area contributed by atoms with Crippen LogP contribution in [0.4, 0.5) is 0 Å². The molecule has 0 radical (unpaired) electrons. The molecule has 0 unspecified atom stereocenters. The van der Waals surface area contributed by atoms with Gasteiger partial charge in [0, 0.05) is 0 Å². The molecular weight excluding hydrogens is 316 g/mol. The van der Waals surface area contributed by atoms with Gasteiger partial charge >= 0.3 is 15.3 Å². The van der Waals surface area contributed by atoms with Crippen LogP contribution in [0, 0.1) is 6.92 Å². The Balaban J connectivity index is 1.87. The molecular formula is C16H17N2O4S+. The SMILES string of the molecule is Cc1cccc(OCC[n+]2c(S(=O)(=O)O)[nH]c3ccccc32)c1. The maximum atomic E-state index is 11.6. The third kappa shape index (κ3) is 3.35. The number of benzene rings is 2. The highest BCUT2D eigenvalue weighted by Crippen LogP contribution is 2.14. The number of nitrogens with one attached hydrogen (secondary N) is 1. The monoisotopic (exact) mass is 333 g/mol. The van der Waals surface area contributed by atoms with Crippen molar-refractivity contribution in [3.63, 3.8) is 0 Å². The van der Waals surface area contributed by atoms with Crippen molar-refractivity contribution in [1.29, 1.82) is 0 Å². The summed E-state index contributed by atoms with van der Waals surface area (Å²) in [5.74, 6) is 0.721. The molecule has 0 aliphatic heterocycles. The molecule has 3 aromatic rings. The number of H-pyrrole nitrogens is 1. The predicted octanol–water partition coefficient (Wildman–Crippen LogP) is 2.09. The first kappa shape index (κ1) is 15.5. The summed E-state index contributed by atoms with van der Waals surface area (Å²) < 4.78 is 39.7. The molecule has 0 bridgehead atoms. The van der Waals surface area contributed by atoms with Crippen molar-refractivity contribution in [3.05, 3.63) is 54.1 Å². The summed E-state index contributed by atoms with van der Waals surface area (Å²) in [7, 11) is -4.35. The van der Waals surface area contributed by atoms with Crippen LogP contribution in [0.15, 0.2) is 53.7 Å². The fraction of sp³-hybridized carbons (Fsp3) is 0.188. The Morgan fingerprint density at radius 3 is 2.70 bits per heavy atom. The number of ether oxygens (including phenoxy) is 1. The fourth-order valence-electron chi connectivity index (χ4n) is 2.49. The van der Waals surface area contributed by atoms with Crippen LogP contribution in [-0.4, -0.2) is 24.6 Å². The molecule has 120 valence electrons. The standard InChI is InChI=1S/C16H16N2O4S/c1-12-5-4-6-13(11-12)22-10-9-18-15-8-3-2-7-14(15)17-16(18)23(19,20)21/h2-8,11H,9-10H2,1H3,(H,19,20,21)/p+1. The number of hydrogen-bond acceptors (Lipinski definition) is 3. The van der Waals surface area contributed by atoms with E-state index in [0.717, 1.165) is 11.3 Å². The average molecular weight is 333 g/mol. The topological polar surface area (TPSA) is 83.3 Å². The molecule has 3 rings (SSSR count). The summed E-state index contributed by atoms with van der Waals surface area (Å²) in [4.78, 5) is 2.73. The number of aryl methyl sites for hydroxylation is 1. The second-order valence-corrected chi connectivity index (χ2v) is 6.58. The number of nitrogens with zero attached hydrogens (tertiary/aromatic N) is 1. The maximum absolute atomic E-state index is 11.6. The first-order valence-electron chi connectivity index (χ1n) is 7.12. The number of aromatic amines is 1. The number of fused-ring (bicyclic) bond motifs is 1. The van der Waals surface area contributed by atoms with Gasteiger partial charge in [-0.2, -0.15) is 8.42 Å². The van der Waals surface area contributed by atoms with Crippen molar-refractivity contribution < 1.29 is 22.3 Å². The summed E-state index contributed by atoms with van der Waals surface area (Å²) >= 11 is 0. The van der Waals surface area contributed by atoms with E-state index in [0.29, 0.717) is 11.0 Å². The smallest absolute Gasteiger partial charge is 0.401 e. The van der Waals surface area contributed by atoms with Gasteiger partial charge in [-0.25, -0.2) is 9.55 Å². The highest BCUT2D eigenvalue weighted by atomic mass is 32.2. The van der Waals surface area contributed by atoms with Crippen LogP contribution >= 0.6 is 0 Å². The first-order valence-corrected chi connectivity index (χ1v) is 8.57. The molecule has 0 saturated carbocycles. The fourth-order valence-corrected chi connectivity index (χ4v) is 3.20. The van der Waals surface area contributed by atoms with Crippen LogP contribution in [-0.2, 0) is 16.7 Å². The molecule has 0 aliphatic rings. The van der Waals surface area contributed by atoms with Crippen molar-refractivity contribution >= 4 is 21.2 Å². The van der Waals surface area contributed by atoms with Crippen LogP contribution in [0.3, 0.4) is 0 Å². The Morgan fingerprint density at radius 1 is 1.17 bits per heavy atom. The first-order chi connectivity index (χ1) is 10.9. The molecule has 0 amide bonds. The number of hydrogen-bond donors (Lipinski definition) is 2. The van der Waals surface area contributed by atoms with Crippen molar-refractivity contribution in [3.8, 4) is 5.75 Å². The van der Waals surface area contributed by atoms with E-state index in [9.17, 15) is 13.0 Å². The highest BCUT2D eigenvalue weighted by molar-refractivity contribution is 7.85. The van der Waals surface area contributed by atoms with Crippen LogP contribution in [0.2, 0.25) is 0 Å². The molecule has 6 nitrogen and oxygen atoms in total. The molecule has 1 aromatic heterocycles. The highest BCUT2D eigenvalue weighted by Gasteiger charge is 2.28. The van der Waals surface area contributed by atoms with E-state index in [4.69, 9.17) is 4.74 Å². The van der Waals surface area contributed by atoms with Gasteiger partial charge in [0.25, 0.3) is 0 Å². The Bertz CT molecular complexity index is 948. The Hall–Kier alpha value is -2.38. The van der Waals surface area contributed by atoms with Crippen molar-refractivity contribution in [2.75, 3.05) is 6.61 Å². The van der Waals surface area contributed by atoms with E-state index >= 15 is 0 Å². The zero-order valence-corrected chi connectivity index (χ0v) is 13.4. The van der Waals surface area contributed by atoms with Crippen molar-refractivity contribution in [2.24, 2.45) is 0 Å². The Labute approximate surface area is 134 Å². The molecule has 0 fully saturated rings. The summed E-state index contributed by atoms with van der Waals surface area (Å²) in [5, 5.41) is -0.244. The third-order valence-electron chi connectivity index (χ3n) is 3.50. The van der Waals surface area contributed by atoms with E-state index < -0.39 is 10.1 Å². The second kappa shape index (κ2) is 6.02. The summed E-state index contributed by atoms with van der Waals surface area (Å²) in [6.07, 6.45) is 0. The minimum atomic E-state index is -4.35. The molecule has 23 heavy (non-hydrogen) atoms. The van der Waals surface area contributed by atoms with Gasteiger partial charge in [-0.1, -0.05) is 24.3 Å². The normalized spacial score (nSPS) is 11.7. The quantitative estimate of drug-likeness (QED) is 0.553. The number of imidazole rings is 1. The molecule has 0 aliphatic carbocycles. The van der Waals surface area contributed by atoms with Crippen LogP contribution < -0.4 is 9.30 Å². The summed E-state index contributed by atoms with van der Waals surface area (Å²) in [6.45, 7) is 2.53. The molecule has 0 atom stereocenters. The van der Waals surface area contributed by atoms with E-state index in [1.54, 1.807) is 18.2 Å². The lowest BCUT2D eigenvalue weighted by Gasteiger charge is -2.06. The van der Waals surface area contributed by atoms with Gasteiger partial charge in [0.05, 0.1) is 0 Å². The molecule has 0 spiro atoms. The second-order valence-electron chi connectivity index (χ2n) is 5.24. The van der Waals surface area contributed by atoms with E-state index in [-0.39, 0.29) is 18.3 Å². The van der Waals surface area contributed by atoms with Gasteiger partial charge in [-0.15, -0.1) is 0 Å². The number of rotatable bonds is 5. The third-order valence-corrected chi connectivity index (χ3v) is 4.31. The zero-order valence-electron chi connectivity index (χ0n) is 12.6. The lowest BCUT2D eigenvalue weighted by Crippen LogP contribution is -2.41. The van der Waals surface area contributed by atoms with Gasteiger partial charge in [-0.05, 0) is 36.8 Å². The van der Waals surface area contributed by atoms with E-state index in [2.05, 4.69) is 4.98 Å². The largest absolute Gasteiger partial charge is 0.489 e. The van der Waals surface area contributed by atoms with Gasteiger partial charge in [0.2, 0.25) is 0 Å². The molecule has 1 heterocycles. The molecule has 0 saturated heterocycles. The summed E-state index contributed by atoms with van der Waals surface area (Å²) in [5.41, 5.74) is 2.41. The lowest BCUT2D eigenvalue weighted by molar-refractivity contribution is -0.710. The van der Waals surface area contributed by atoms with Crippen molar-refractivity contribution in [1.82, 2.24) is 4.98 Å². The Kier molecular flexibility index (Phi) is 4.06.